The molecule has 0 aromatic rings. The number of likely N-dealkylation sites (tertiary alicyclic amines) is 1. The van der Waals surface area contributed by atoms with E-state index in [9.17, 15) is 0 Å². The summed E-state index contributed by atoms with van der Waals surface area (Å²) in [5, 5.41) is 7.32. The lowest BCUT2D eigenvalue weighted by atomic mass is 9.89. The molecular weight excluding hydrogens is 298 g/mol. The van der Waals surface area contributed by atoms with Gasteiger partial charge in [0.05, 0.1) is 0 Å². The Kier molecular flexibility index (Phi) is 6.03. The molecule has 3 rings (SSSR count). The van der Waals surface area contributed by atoms with Gasteiger partial charge in [-0.3, -0.25) is 9.89 Å². The maximum Gasteiger partial charge on any atom is 0.191 e. The van der Waals surface area contributed by atoms with E-state index in [0.717, 1.165) is 18.5 Å². The van der Waals surface area contributed by atoms with Gasteiger partial charge < -0.3 is 15.5 Å². The van der Waals surface area contributed by atoms with Crippen molar-refractivity contribution in [1.29, 1.82) is 0 Å². The molecule has 138 valence electrons. The number of aliphatic imine (C=N–C) groups is 1. The minimum atomic E-state index is 0.282. The molecule has 2 saturated carbocycles. The van der Waals surface area contributed by atoms with Crippen LogP contribution < -0.4 is 10.6 Å². The van der Waals surface area contributed by atoms with E-state index in [0.29, 0.717) is 6.04 Å². The van der Waals surface area contributed by atoms with Crippen LogP contribution in [-0.4, -0.2) is 74.2 Å². The largest absolute Gasteiger partial charge is 0.355 e. The summed E-state index contributed by atoms with van der Waals surface area (Å²) in [6.07, 6.45) is 12.1. The van der Waals surface area contributed by atoms with E-state index in [4.69, 9.17) is 0 Å². The monoisotopic (exact) mass is 335 g/mol. The van der Waals surface area contributed by atoms with E-state index in [2.05, 4.69) is 39.5 Å². The van der Waals surface area contributed by atoms with E-state index >= 15 is 0 Å². The number of hydrogen-bond acceptors (Lipinski definition) is 3. The summed E-state index contributed by atoms with van der Waals surface area (Å²) in [6, 6.07) is 1.44. The highest BCUT2D eigenvalue weighted by atomic mass is 15.3. The van der Waals surface area contributed by atoms with Crippen LogP contribution in [0.2, 0.25) is 0 Å². The quantitative estimate of drug-likeness (QED) is 0.458. The summed E-state index contributed by atoms with van der Waals surface area (Å²) >= 11 is 0. The number of likely N-dealkylation sites (N-methyl/N-ethyl adjacent to an activating group) is 1. The molecule has 0 spiro atoms. The van der Waals surface area contributed by atoms with Crippen LogP contribution in [0.5, 0.6) is 0 Å². The average Bonchev–Trinajstić information content (AvgIpc) is 3.36. The molecule has 3 fully saturated rings. The van der Waals surface area contributed by atoms with Gasteiger partial charge in [-0.2, -0.15) is 0 Å². The van der Waals surface area contributed by atoms with Gasteiger partial charge in [-0.15, -0.1) is 0 Å². The summed E-state index contributed by atoms with van der Waals surface area (Å²) in [5.41, 5.74) is 0.282. The number of hydrogen-bond donors (Lipinski definition) is 2. The third-order valence-electron chi connectivity index (χ3n) is 6.42. The highest BCUT2D eigenvalue weighted by Gasteiger charge is 2.35. The van der Waals surface area contributed by atoms with E-state index in [1.165, 1.54) is 70.9 Å². The topological polar surface area (TPSA) is 42.9 Å². The fourth-order valence-corrected chi connectivity index (χ4v) is 4.48. The number of rotatable bonds is 5. The fourth-order valence-electron chi connectivity index (χ4n) is 4.48. The third kappa shape index (κ3) is 4.42. The second kappa shape index (κ2) is 8.05. The van der Waals surface area contributed by atoms with Gasteiger partial charge in [0.15, 0.2) is 5.96 Å². The van der Waals surface area contributed by atoms with Crippen molar-refractivity contribution < 1.29 is 0 Å². The molecule has 5 nitrogen and oxygen atoms in total. The van der Waals surface area contributed by atoms with Crippen molar-refractivity contribution in [3.63, 3.8) is 0 Å². The van der Waals surface area contributed by atoms with Crippen molar-refractivity contribution in [3.8, 4) is 0 Å². The lowest BCUT2D eigenvalue weighted by Crippen LogP contribution is -2.55. The summed E-state index contributed by atoms with van der Waals surface area (Å²) < 4.78 is 0. The van der Waals surface area contributed by atoms with Crippen molar-refractivity contribution in [1.82, 2.24) is 20.4 Å². The Hall–Kier alpha value is -0.810. The lowest BCUT2D eigenvalue weighted by molar-refractivity contribution is 0.132. The highest BCUT2D eigenvalue weighted by molar-refractivity contribution is 5.80. The summed E-state index contributed by atoms with van der Waals surface area (Å²) in [7, 11) is 6.39. The van der Waals surface area contributed by atoms with Crippen LogP contribution in [0.25, 0.3) is 0 Å². The predicted molar refractivity (Wildman–Crippen MR) is 102 cm³/mol. The first-order chi connectivity index (χ1) is 11.6. The van der Waals surface area contributed by atoms with E-state index in [1.807, 2.05) is 7.05 Å². The normalized spacial score (nSPS) is 28.8. The van der Waals surface area contributed by atoms with Crippen LogP contribution in [0.3, 0.4) is 0 Å². The van der Waals surface area contributed by atoms with Gasteiger partial charge in [0.1, 0.15) is 0 Å². The van der Waals surface area contributed by atoms with Gasteiger partial charge >= 0.3 is 0 Å². The molecule has 0 amide bonds. The Morgan fingerprint density at radius 3 is 2.42 bits per heavy atom. The smallest absolute Gasteiger partial charge is 0.191 e. The molecule has 1 heterocycles. The molecule has 1 saturated heterocycles. The zero-order valence-corrected chi connectivity index (χ0v) is 16.0. The first-order valence-corrected chi connectivity index (χ1v) is 10.0. The van der Waals surface area contributed by atoms with Crippen LogP contribution in [0.4, 0.5) is 0 Å². The zero-order valence-electron chi connectivity index (χ0n) is 16.0. The minimum absolute atomic E-state index is 0.282. The lowest BCUT2D eigenvalue weighted by Gasteiger charge is -2.40. The predicted octanol–water partition coefficient (Wildman–Crippen LogP) is 2.04. The second-order valence-electron chi connectivity index (χ2n) is 8.31. The van der Waals surface area contributed by atoms with Gasteiger partial charge in [0.25, 0.3) is 0 Å². The Balaban J connectivity index is 1.50. The standard InChI is InChI=1S/C19H37N5/c1-20-18(22-16-10-13-24(14-16)17-8-9-17)21-15-19(23(2)3)11-6-4-5-7-12-19/h16-17H,4-15H2,1-3H3,(H2,20,21,22). The molecule has 0 aromatic heterocycles. The van der Waals surface area contributed by atoms with Crippen LogP contribution in [0.1, 0.15) is 57.8 Å². The SMILES string of the molecule is CN=C(NCC1(N(C)C)CCCCCC1)NC1CCN(C2CC2)C1. The van der Waals surface area contributed by atoms with Crippen LogP contribution in [-0.2, 0) is 0 Å². The van der Waals surface area contributed by atoms with Gasteiger partial charge in [-0.05, 0) is 46.2 Å². The Labute approximate surface area is 148 Å². The molecular formula is C19H37N5. The zero-order chi connectivity index (χ0) is 17.0. The maximum absolute atomic E-state index is 4.49. The second-order valence-corrected chi connectivity index (χ2v) is 8.31. The molecule has 0 aromatic carbocycles. The third-order valence-corrected chi connectivity index (χ3v) is 6.42. The number of guanidine groups is 1. The Morgan fingerprint density at radius 2 is 1.83 bits per heavy atom. The molecule has 1 unspecified atom stereocenters. The molecule has 0 radical (unpaired) electrons. The van der Waals surface area contributed by atoms with Crippen molar-refractivity contribution >= 4 is 5.96 Å². The molecule has 3 aliphatic rings. The molecule has 0 bridgehead atoms. The highest BCUT2D eigenvalue weighted by Crippen LogP contribution is 2.31. The summed E-state index contributed by atoms with van der Waals surface area (Å²) in [5.74, 6) is 0.989. The maximum atomic E-state index is 4.49. The van der Waals surface area contributed by atoms with Crippen LogP contribution in [0, 0.1) is 0 Å². The molecule has 2 N–H and O–H groups in total. The van der Waals surface area contributed by atoms with Crippen LogP contribution >= 0.6 is 0 Å². The first kappa shape index (κ1) is 18.0. The Morgan fingerprint density at radius 1 is 1.12 bits per heavy atom. The van der Waals surface area contributed by atoms with Gasteiger partial charge in [-0.25, -0.2) is 0 Å². The first-order valence-electron chi connectivity index (χ1n) is 10.0. The van der Waals surface area contributed by atoms with Crippen molar-refractivity contribution in [2.45, 2.75) is 75.4 Å². The van der Waals surface area contributed by atoms with Crippen LogP contribution in [0.15, 0.2) is 4.99 Å². The number of nitrogens with zero attached hydrogens (tertiary/aromatic N) is 3. The average molecular weight is 336 g/mol. The molecule has 1 aliphatic heterocycles. The van der Waals surface area contributed by atoms with Crippen molar-refractivity contribution in [2.24, 2.45) is 4.99 Å². The van der Waals surface area contributed by atoms with Crippen molar-refractivity contribution in [2.75, 3.05) is 40.8 Å². The fraction of sp³-hybridized carbons (Fsp3) is 0.947. The summed E-state index contributed by atoms with van der Waals surface area (Å²) in [6.45, 7) is 3.43. The molecule has 1 atom stereocenters. The van der Waals surface area contributed by atoms with Gasteiger partial charge in [0.2, 0.25) is 0 Å². The van der Waals surface area contributed by atoms with Crippen molar-refractivity contribution in [3.05, 3.63) is 0 Å². The van der Waals surface area contributed by atoms with Gasteiger partial charge in [0, 0.05) is 44.3 Å². The molecule has 2 aliphatic carbocycles. The van der Waals surface area contributed by atoms with Gasteiger partial charge in [-0.1, -0.05) is 25.7 Å². The minimum Gasteiger partial charge on any atom is -0.355 e. The summed E-state index contributed by atoms with van der Waals surface area (Å²) in [4.78, 5) is 9.59. The molecule has 24 heavy (non-hydrogen) atoms. The number of nitrogens with one attached hydrogen (secondary N) is 2. The van der Waals surface area contributed by atoms with E-state index in [1.54, 1.807) is 0 Å². The van der Waals surface area contributed by atoms with E-state index in [-0.39, 0.29) is 5.54 Å². The van der Waals surface area contributed by atoms with E-state index < -0.39 is 0 Å². The Bertz CT molecular complexity index is 421. The molecule has 5 heteroatoms.